The molecule has 0 aliphatic rings. The Bertz CT molecular complexity index is 1770. The summed E-state index contributed by atoms with van der Waals surface area (Å²) in [7, 11) is 2.20. The predicted molar refractivity (Wildman–Crippen MR) is 151 cm³/mol. The molecular formula is C33H37N2+. The van der Waals surface area contributed by atoms with Crippen LogP contribution in [0.25, 0.3) is 49.0 Å². The lowest BCUT2D eigenvalue weighted by Crippen LogP contribution is -2.29. The number of aromatic nitrogens is 2. The first-order valence-electron chi connectivity index (χ1n) is 12.9. The molecule has 178 valence electrons. The molecule has 0 saturated carbocycles. The SMILES string of the molecule is Cc1ccc2c3ccc(CC(C)(C)C)cc3n3c4ccc(CC(C)(C)C)c5cc[n+](C)c(c1c23)c54. The first-order chi connectivity index (χ1) is 16.4. The molecule has 0 amide bonds. The molecule has 2 heteroatoms. The van der Waals surface area contributed by atoms with E-state index in [0.717, 1.165) is 12.8 Å². The Balaban J connectivity index is 1.86. The van der Waals surface area contributed by atoms with Crippen molar-refractivity contribution in [3.63, 3.8) is 0 Å². The maximum absolute atomic E-state index is 2.56. The normalized spacial score (nSPS) is 13.4. The van der Waals surface area contributed by atoms with Crippen molar-refractivity contribution in [3.05, 3.63) is 71.4 Å². The van der Waals surface area contributed by atoms with Crippen LogP contribution in [0.5, 0.6) is 0 Å². The minimum atomic E-state index is 0.236. The van der Waals surface area contributed by atoms with Crippen LogP contribution >= 0.6 is 0 Å². The van der Waals surface area contributed by atoms with Gasteiger partial charge in [0.1, 0.15) is 7.05 Å². The Labute approximate surface area is 208 Å². The molecule has 3 heterocycles. The van der Waals surface area contributed by atoms with Gasteiger partial charge in [-0.2, -0.15) is 0 Å². The average molecular weight is 462 g/mol. The summed E-state index contributed by atoms with van der Waals surface area (Å²) in [6.45, 7) is 16.2. The zero-order valence-corrected chi connectivity index (χ0v) is 22.5. The van der Waals surface area contributed by atoms with Gasteiger partial charge in [-0.05, 0) is 64.8 Å². The molecule has 0 bridgehead atoms. The fourth-order valence-corrected chi connectivity index (χ4v) is 6.26. The molecule has 0 saturated heterocycles. The van der Waals surface area contributed by atoms with Gasteiger partial charge in [0.25, 0.3) is 0 Å². The van der Waals surface area contributed by atoms with Crippen LogP contribution in [0.1, 0.15) is 58.2 Å². The lowest BCUT2D eigenvalue weighted by atomic mass is 9.85. The maximum Gasteiger partial charge on any atom is 0.224 e. The fraction of sp³-hybridized carbons (Fsp3) is 0.364. The topological polar surface area (TPSA) is 8.29 Å². The van der Waals surface area contributed by atoms with Crippen LogP contribution < -0.4 is 4.57 Å². The number of nitrogens with zero attached hydrogens (tertiary/aromatic N) is 2. The molecule has 6 rings (SSSR count). The van der Waals surface area contributed by atoms with Crippen LogP contribution in [0.2, 0.25) is 0 Å². The first kappa shape index (κ1) is 22.3. The molecule has 0 atom stereocenters. The molecule has 3 aromatic carbocycles. The van der Waals surface area contributed by atoms with Crippen LogP contribution in [0.3, 0.4) is 0 Å². The van der Waals surface area contributed by atoms with Gasteiger partial charge in [-0.25, -0.2) is 4.57 Å². The number of rotatable bonds is 2. The molecule has 0 spiro atoms. The summed E-state index contributed by atoms with van der Waals surface area (Å²) in [5.41, 5.74) is 10.0. The smallest absolute Gasteiger partial charge is 0.224 e. The molecule has 0 unspecified atom stereocenters. The van der Waals surface area contributed by atoms with Crippen molar-refractivity contribution < 1.29 is 4.57 Å². The van der Waals surface area contributed by atoms with E-state index in [1.54, 1.807) is 0 Å². The molecule has 2 nitrogen and oxygen atoms in total. The quantitative estimate of drug-likeness (QED) is 0.139. The van der Waals surface area contributed by atoms with Gasteiger partial charge >= 0.3 is 0 Å². The Morgan fingerprint density at radius 1 is 0.714 bits per heavy atom. The van der Waals surface area contributed by atoms with Gasteiger partial charge in [0.15, 0.2) is 6.20 Å². The van der Waals surface area contributed by atoms with Crippen molar-refractivity contribution in [2.24, 2.45) is 17.9 Å². The van der Waals surface area contributed by atoms with Crippen LogP contribution in [0, 0.1) is 17.8 Å². The van der Waals surface area contributed by atoms with Gasteiger partial charge in [-0.1, -0.05) is 71.9 Å². The molecule has 0 radical (unpaired) electrons. The summed E-state index contributed by atoms with van der Waals surface area (Å²) in [5.74, 6) is 0. The van der Waals surface area contributed by atoms with E-state index in [1.807, 2.05) is 0 Å². The van der Waals surface area contributed by atoms with Gasteiger partial charge in [0.05, 0.1) is 27.3 Å². The standard InChI is InChI=1S/C33H37N2/c1-20-9-12-25-24-13-10-21(18-32(2,3)4)17-27(24)35-26-14-11-22(19-33(5,6)7)23-15-16-34(8)31(29(23)26)28(20)30(25)35/h9-17H,18-19H2,1-8H3/q+1. The highest BCUT2D eigenvalue weighted by Crippen LogP contribution is 2.42. The Morgan fingerprint density at radius 3 is 2.14 bits per heavy atom. The largest absolute Gasteiger partial charge is 0.307 e. The second kappa shape index (κ2) is 7.20. The van der Waals surface area contributed by atoms with E-state index in [9.17, 15) is 0 Å². The fourth-order valence-electron chi connectivity index (χ4n) is 6.26. The highest BCUT2D eigenvalue weighted by Gasteiger charge is 2.26. The van der Waals surface area contributed by atoms with Gasteiger partial charge in [-0.3, -0.25) is 0 Å². The van der Waals surface area contributed by atoms with Gasteiger partial charge in [-0.15, -0.1) is 0 Å². The van der Waals surface area contributed by atoms with Crippen molar-refractivity contribution in [1.29, 1.82) is 0 Å². The minimum absolute atomic E-state index is 0.236. The highest BCUT2D eigenvalue weighted by atomic mass is 15.0. The van der Waals surface area contributed by atoms with E-state index in [4.69, 9.17) is 0 Å². The van der Waals surface area contributed by atoms with Gasteiger partial charge in [0.2, 0.25) is 5.52 Å². The van der Waals surface area contributed by atoms with Crippen molar-refractivity contribution in [1.82, 2.24) is 4.40 Å². The zero-order chi connectivity index (χ0) is 24.9. The summed E-state index contributed by atoms with van der Waals surface area (Å²) in [4.78, 5) is 0. The van der Waals surface area contributed by atoms with Crippen molar-refractivity contribution in [2.75, 3.05) is 0 Å². The number of hydrogen-bond donors (Lipinski definition) is 0. The molecule has 0 aliphatic carbocycles. The zero-order valence-electron chi connectivity index (χ0n) is 22.5. The number of benzene rings is 3. The van der Waals surface area contributed by atoms with E-state index in [-0.39, 0.29) is 10.8 Å². The average Bonchev–Trinajstić information content (AvgIpc) is 3.07. The van der Waals surface area contributed by atoms with E-state index < -0.39 is 0 Å². The lowest BCUT2D eigenvalue weighted by molar-refractivity contribution is -0.643. The van der Waals surface area contributed by atoms with Crippen LogP contribution in [0.15, 0.2) is 54.7 Å². The van der Waals surface area contributed by atoms with E-state index in [1.165, 1.54) is 65.7 Å². The summed E-state index contributed by atoms with van der Waals surface area (Å²) < 4.78 is 4.90. The van der Waals surface area contributed by atoms with Crippen molar-refractivity contribution in [2.45, 2.75) is 61.3 Å². The third-order valence-corrected chi connectivity index (χ3v) is 7.50. The first-order valence-corrected chi connectivity index (χ1v) is 12.9. The van der Waals surface area contributed by atoms with E-state index in [0.29, 0.717) is 0 Å². The number of pyridine rings is 2. The van der Waals surface area contributed by atoms with Gasteiger partial charge in [0, 0.05) is 16.8 Å². The lowest BCUT2D eigenvalue weighted by Gasteiger charge is -2.21. The molecule has 35 heavy (non-hydrogen) atoms. The Morgan fingerprint density at radius 2 is 1.43 bits per heavy atom. The molecule has 0 fully saturated rings. The van der Waals surface area contributed by atoms with Crippen LogP contribution in [-0.4, -0.2) is 4.40 Å². The van der Waals surface area contributed by atoms with Crippen LogP contribution in [0.4, 0.5) is 0 Å². The minimum Gasteiger partial charge on any atom is -0.307 e. The second-order valence-corrected chi connectivity index (χ2v) is 13.1. The molecular weight excluding hydrogens is 424 g/mol. The molecule has 0 N–H and O–H groups in total. The number of hydrogen-bond acceptors (Lipinski definition) is 0. The Hall–Kier alpha value is -3.13. The van der Waals surface area contributed by atoms with Crippen molar-refractivity contribution >= 4 is 49.0 Å². The monoisotopic (exact) mass is 461 g/mol. The highest BCUT2D eigenvalue weighted by molar-refractivity contribution is 6.26. The predicted octanol–water partition coefficient (Wildman–Crippen LogP) is 8.30. The maximum atomic E-state index is 2.56. The second-order valence-electron chi connectivity index (χ2n) is 13.1. The summed E-state index contributed by atoms with van der Waals surface area (Å²) >= 11 is 0. The number of aryl methyl sites for hydroxylation is 2. The molecule has 3 aromatic heterocycles. The number of fused-ring (bicyclic) bond motifs is 5. The van der Waals surface area contributed by atoms with Crippen molar-refractivity contribution in [3.8, 4) is 0 Å². The third-order valence-electron chi connectivity index (χ3n) is 7.50. The Kier molecular flexibility index (Phi) is 4.59. The van der Waals surface area contributed by atoms with Crippen LogP contribution in [-0.2, 0) is 19.9 Å². The van der Waals surface area contributed by atoms with E-state index in [2.05, 4.69) is 119 Å². The summed E-state index contributed by atoms with van der Waals surface area (Å²) in [6.07, 6.45) is 4.39. The van der Waals surface area contributed by atoms with Gasteiger partial charge < -0.3 is 4.40 Å². The van der Waals surface area contributed by atoms with E-state index >= 15 is 0 Å². The third kappa shape index (κ3) is 3.41. The summed E-state index contributed by atoms with van der Waals surface area (Å²) in [6, 6.07) is 18.9. The molecule has 6 aromatic rings. The molecule has 0 aliphatic heterocycles. The summed E-state index contributed by atoms with van der Waals surface area (Å²) in [5, 5.41) is 6.86.